The van der Waals surface area contributed by atoms with Crippen molar-refractivity contribution in [2.24, 2.45) is 11.3 Å². The molecule has 0 N–H and O–H groups in total. The standard InChI is InChI=1S/C21H30O2/c1-6-10-20(2)11-7-12-21(3)18(20)9-8-15-13-16(22-4)14-17(23-5)19(15)21/h6,10,13-14,18H,7-9,11-12H2,1-5H3/b10-6+/t18-,20?,21-/m1/s1. The average molecular weight is 314 g/mol. The molecule has 1 fully saturated rings. The highest BCUT2D eigenvalue weighted by atomic mass is 16.5. The Labute approximate surface area is 140 Å². The summed E-state index contributed by atoms with van der Waals surface area (Å²) in [6.07, 6.45) is 10.9. The van der Waals surface area contributed by atoms with Crippen LogP contribution < -0.4 is 9.47 Å². The van der Waals surface area contributed by atoms with Gasteiger partial charge in [-0.3, -0.25) is 0 Å². The highest BCUT2D eigenvalue weighted by molar-refractivity contribution is 5.53. The molecule has 1 aromatic carbocycles. The van der Waals surface area contributed by atoms with Crippen molar-refractivity contribution in [2.75, 3.05) is 14.2 Å². The van der Waals surface area contributed by atoms with Crippen LogP contribution in [-0.4, -0.2) is 14.2 Å². The summed E-state index contributed by atoms with van der Waals surface area (Å²) >= 11 is 0. The molecule has 2 heteroatoms. The molecule has 1 saturated carbocycles. The first-order valence-corrected chi connectivity index (χ1v) is 8.88. The highest BCUT2D eigenvalue weighted by Gasteiger charge is 2.51. The second-order valence-corrected chi connectivity index (χ2v) is 7.73. The Morgan fingerprint density at radius 2 is 1.91 bits per heavy atom. The molecule has 1 unspecified atom stereocenters. The molecule has 0 aromatic heterocycles. The zero-order valence-electron chi connectivity index (χ0n) is 15.2. The first-order chi connectivity index (χ1) is 11.0. The van der Waals surface area contributed by atoms with Crippen molar-refractivity contribution < 1.29 is 9.47 Å². The monoisotopic (exact) mass is 314 g/mol. The molecule has 0 saturated heterocycles. The molecule has 23 heavy (non-hydrogen) atoms. The van der Waals surface area contributed by atoms with Gasteiger partial charge in [-0.2, -0.15) is 0 Å². The van der Waals surface area contributed by atoms with Gasteiger partial charge in [-0.25, -0.2) is 0 Å². The van der Waals surface area contributed by atoms with E-state index in [0.29, 0.717) is 11.3 Å². The van der Waals surface area contributed by atoms with Gasteiger partial charge < -0.3 is 9.47 Å². The van der Waals surface area contributed by atoms with Gasteiger partial charge in [0.2, 0.25) is 0 Å². The lowest BCUT2D eigenvalue weighted by Gasteiger charge is -2.55. The zero-order valence-corrected chi connectivity index (χ0v) is 15.2. The maximum Gasteiger partial charge on any atom is 0.126 e. The van der Waals surface area contributed by atoms with E-state index in [9.17, 15) is 0 Å². The van der Waals surface area contributed by atoms with Crippen molar-refractivity contribution in [1.82, 2.24) is 0 Å². The fourth-order valence-corrected chi connectivity index (χ4v) is 5.51. The number of methoxy groups -OCH3 is 2. The Morgan fingerprint density at radius 1 is 1.13 bits per heavy atom. The van der Waals surface area contributed by atoms with E-state index in [0.717, 1.165) is 17.9 Å². The Morgan fingerprint density at radius 3 is 2.57 bits per heavy atom. The molecule has 0 heterocycles. The summed E-state index contributed by atoms with van der Waals surface area (Å²) in [5.74, 6) is 2.60. The molecule has 0 radical (unpaired) electrons. The Bertz CT molecular complexity index is 601. The third-order valence-electron chi connectivity index (χ3n) is 6.41. The number of aryl methyl sites for hydroxylation is 1. The summed E-state index contributed by atoms with van der Waals surface area (Å²) in [5.41, 5.74) is 3.35. The maximum atomic E-state index is 5.80. The molecule has 0 amide bonds. The topological polar surface area (TPSA) is 18.5 Å². The van der Waals surface area contributed by atoms with Crippen LogP contribution in [0.5, 0.6) is 11.5 Å². The number of hydrogen-bond acceptors (Lipinski definition) is 2. The number of ether oxygens (including phenoxy) is 2. The van der Waals surface area contributed by atoms with Gasteiger partial charge in [-0.05, 0) is 55.6 Å². The number of benzene rings is 1. The van der Waals surface area contributed by atoms with Crippen LogP contribution in [0.1, 0.15) is 57.6 Å². The molecule has 3 atom stereocenters. The fourth-order valence-electron chi connectivity index (χ4n) is 5.51. The minimum atomic E-state index is 0.192. The Kier molecular flexibility index (Phi) is 4.20. The number of allylic oxidation sites excluding steroid dienone is 2. The lowest BCUT2D eigenvalue weighted by Crippen LogP contribution is -2.48. The predicted octanol–water partition coefficient (Wildman–Crippen LogP) is 5.29. The zero-order chi connectivity index (χ0) is 16.7. The lowest BCUT2D eigenvalue weighted by molar-refractivity contribution is 0.0611. The van der Waals surface area contributed by atoms with Crippen LogP contribution in [0, 0.1) is 11.3 Å². The largest absolute Gasteiger partial charge is 0.497 e. The summed E-state index contributed by atoms with van der Waals surface area (Å²) < 4.78 is 11.3. The van der Waals surface area contributed by atoms with Gasteiger partial charge in [-0.1, -0.05) is 32.4 Å². The minimum Gasteiger partial charge on any atom is -0.497 e. The molecule has 1 aromatic rings. The van der Waals surface area contributed by atoms with Crippen LogP contribution in [0.15, 0.2) is 24.3 Å². The van der Waals surface area contributed by atoms with Crippen LogP contribution in [-0.2, 0) is 11.8 Å². The van der Waals surface area contributed by atoms with Gasteiger partial charge in [0, 0.05) is 17.0 Å². The molecule has 2 aliphatic carbocycles. The minimum absolute atomic E-state index is 0.192. The van der Waals surface area contributed by atoms with E-state index < -0.39 is 0 Å². The third-order valence-corrected chi connectivity index (χ3v) is 6.41. The first kappa shape index (κ1) is 16.4. The van der Waals surface area contributed by atoms with Crippen molar-refractivity contribution in [3.8, 4) is 11.5 Å². The van der Waals surface area contributed by atoms with Gasteiger partial charge in [-0.15, -0.1) is 0 Å². The molecule has 2 nitrogen and oxygen atoms in total. The van der Waals surface area contributed by atoms with Crippen molar-refractivity contribution in [2.45, 2.75) is 58.3 Å². The second kappa shape index (κ2) is 5.89. The normalized spacial score (nSPS) is 33.2. The van der Waals surface area contributed by atoms with E-state index in [2.05, 4.69) is 45.1 Å². The van der Waals surface area contributed by atoms with E-state index in [1.807, 2.05) is 0 Å². The molecule has 2 aliphatic rings. The molecule has 0 aliphatic heterocycles. The van der Waals surface area contributed by atoms with E-state index in [-0.39, 0.29) is 5.41 Å². The number of fused-ring (bicyclic) bond motifs is 3. The summed E-state index contributed by atoms with van der Waals surface area (Å²) in [6.45, 7) is 7.07. The fraction of sp³-hybridized carbons (Fsp3) is 0.619. The molecular formula is C21H30O2. The van der Waals surface area contributed by atoms with Crippen molar-refractivity contribution >= 4 is 0 Å². The van der Waals surface area contributed by atoms with Crippen molar-refractivity contribution in [3.05, 3.63) is 35.4 Å². The Balaban J connectivity index is 2.15. The van der Waals surface area contributed by atoms with Gasteiger partial charge in [0.15, 0.2) is 0 Å². The van der Waals surface area contributed by atoms with Gasteiger partial charge in [0.25, 0.3) is 0 Å². The molecular weight excluding hydrogens is 284 g/mol. The lowest BCUT2D eigenvalue weighted by atomic mass is 9.49. The quantitative estimate of drug-likeness (QED) is 0.706. The van der Waals surface area contributed by atoms with Crippen molar-refractivity contribution in [1.29, 1.82) is 0 Å². The van der Waals surface area contributed by atoms with Crippen LogP contribution in [0.4, 0.5) is 0 Å². The molecule has 126 valence electrons. The summed E-state index contributed by atoms with van der Waals surface area (Å²) in [6, 6.07) is 4.29. The highest BCUT2D eigenvalue weighted by Crippen LogP contribution is 2.59. The summed E-state index contributed by atoms with van der Waals surface area (Å²) in [7, 11) is 3.52. The van der Waals surface area contributed by atoms with Crippen LogP contribution in [0.2, 0.25) is 0 Å². The van der Waals surface area contributed by atoms with Crippen LogP contribution in [0.3, 0.4) is 0 Å². The smallest absolute Gasteiger partial charge is 0.126 e. The predicted molar refractivity (Wildman–Crippen MR) is 95.5 cm³/mol. The Hall–Kier alpha value is -1.44. The van der Waals surface area contributed by atoms with Gasteiger partial charge >= 0.3 is 0 Å². The summed E-state index contributed by atoms with van der Waals surface area (Å²) in [5, 5.41) is 0. The number of rotatable bonds is 3. The van der Waals surface area contributed by atoms with Crippen molar-refractivity contribution in [3.63, 3.8) is 0 Å². The average Bonchev–Trinajstić information content (AvgIpc) is 2.53. The molecule has 0 spiro atoms. The summed E-state index contributed by atoms with van der Waals surface area (Å²) in [4.78, 5) is 0. The maximum absolute atomic E-state index is 5.80. The van der Waals surface area contributed by atoms with Crippen LogP contribution >= 0.6 is 0 Å². The van der Waals surface area contributed by atoms with E-state index in [1.165, 1.54) is 36.8 Å². The van der Waals surface area contributed by atoms with Crippen LogP contribution in [0.25, 0.3) is 0 Å². The van der Waals surface area contributed by atoms with E-state index in [4.69, 9.17) is 9.47 Å². The SMILES string of the molecule is C/C=C/C1(C)CCC[C@@]2(C)c3c(cc(OC)cc3OC)CC[C@H]12. The molecule has 3 rings (SSSR count). The van der Waals surface area contributed by atoms with Gasteiger partial charge in [0.1, 0.15) is 11.5 Å². The van der Waals surface area contributed by atoms with Gasteiger partial charge in [0.05, 0.1) is 14.2 Å². The van der Waals surface area contributed by atoms with E-state index in [1.54, 1.807) is 14.2 Å². The van der Waals surface area contributed by atoms with E-state index >= 15 is 0 Å². The number of hydrogen-bond donors (Lipinski definition) is 0. The third kappa shape index (κ3) is 2.47. The first-order valence-electron chi connectivity index (χ1n) is 8.88. The molecule has 0 bridgehead atoms. The second-order valence-electron chi connectivity index (χ2n) is 7.73.